The van der Waals surface area contributed by atoms with Gasteiger partial charge in [-0.3, -0.25) is 19.2 Å². The number of hydrogen-bond acceptors (Lipinski definition) is 10. The molecule has 0 radical (unpaired) electrons. The highest BCUT2D eigenvalue weighted by atomic mass is 16.5. The first-order valence-corrected chi connectivity index (χ1v) is 18.0. The van der Waals surface area contributed by atoms with Crippen LogP contribution >= 0.6 is 0 Å². The fraction of sp³-hybridized carbons (Fsp3) is 0.667. The first-order chi connectivity index (χ1) is 24.8. The lowest BCUT2D eigenvalue weighted by Crippen LogP contribution is -2.52. The van der Waals surface area contributed by atoms with Crippen LogP contribution in [0.4, 0.5) is 15.3 Å². The highest BCUT2D eigenvalue weighted by molar-refractivity contribution is 6.00. The number of hydrogen-bond donors (Lipinski definition) is 9. The van der Waals surface area contributed by atoms with Crippen LogP contribution < -0.4 is 48.7 Å². The van der Waals surface area contributed by atoms with Crippen molar-refractivity contribution in [3.05, 3.63) is 29.3 Å². The van der Waals surface area contributed by atoms with Gasteiger partial charge in [0.1, 0.15) is 12.6 Å². The van der Waals surface area contributed by atoms with Crippen molar-refractivity contribution < 1.29 is 38.2 Å². The molecular weight excluding hydrogens is 686 g/mol. The Hall–Kier alpha value is -4.48. The van der Waals surface area contributed by atoms with Gasteiger partial charge in [0.05, 0.1) is 19.3 Å². The number of carbonyl (C=O) groups is 6. The molecule has 0 aliphatic heterocycles. The second-order valence-electron chi connectivity index (χ2n) is 14.8. The van der Waals surface area contributed by atoms with Gasteiger partial charge in [-0.2, -0.15) is 0 Å². The molecule has 0 aliphatic carbocycles. The third-order valence-electron chi connectivity index (χ3n) is 8.23. The van der Waals surface area contributed by atoms with Crippen LogP contribution in [0.5, 0.6) is 0 Å². The van der Waals surface area contributed by atoms with E-state index in [4.69, 9.17) is 20.9 Å². The summed E-state index contributed by atoms with van der Waals surface area (Å²) in [5.41, 5.74) is 11.1. The minimum atomic E-state index is -0.983. The molecule has 7 amide bonds. The van der Waals surface area contributed by atoms with Crippen LogP contribution in [0.25, 0.3) is 0 Å². The average Bonchev–Trinajstić information content (AvgIpc) is 3.06. The Morgan fingerprint density at radius 3 is 2.13 bits per heavy atom. The number of rotatable bonds is 24. The van der Waals surface area contributed by atoms with Gasteiger partial charge in [-0.15, -0.1) is 0 Å². The zero-order chi connectivity index (χ0) is 40.2. The van der Waals surface area contributed by atoms with Crippen molar-refractivity contribution in [3.63, 3.8) is 0 Å². The Kier molecular flexibility index (Phi) is 20.4. The lowest BCUT2D eigenvalue weighted by molar-refractivity contribution is -0.128. The summed E-state index contributed by atoms with van der Waals surface area (Å²) in [4.78, 5) is 75.5. The number of urea groups is 1. The number of carbonyl (C=O) groups excluding carboxylic acids is 6. The van der Waals surface area contributed by atoms with Crippen molar-refractivity contribution in [2.75, 3.05) is 58.8 Å². The quantitative estimate of drug-likeness (QED) is 0.0685. The van der Waals surface area contributed by atoms with Crippen LogP contribution in [0.1, 0.15) is 83.1 Å². The SMILES string of the molecule is CNC(=O)OCc1ccc(NC(=O)[C@H](CCCNC(N)=O)NC(=O)[C@@H](NC)C(C)C)cc1C(=O)NCCNC(=O)CC(C)(C)COCC(C)(C)CCN. The number of nitrogens with two attached hydrogens (primary N) is 2. The van der Waals surface area contributed by atoms with E-state index in [-0.39, 0.29) is 73.5 Å². The number of ether oxygens (including phenoxy) is 2. The number of anilines is 1. The zero-order valence-electron chi connectivity index (χ0n) is 32.7. The summed E-state index contributed by atoms with van der Waals surface area (Å²) in [5, 5.41) is 18.9. The summed E-state index contributed by atoms with van der Waals surface area (Å²) >= 11 is 0. The Labute approximate surface area is 313 Å². The van der Waals surface area contributed by atoms with E-state index in [1.165, 1.54) is 19.2 Å². The number of alkyl carbamates (subject to hydrolysis) is 1. The summed E-state index contributed by atoms with van der Waals surface area (Å²) < 4.78 is 11.1. The highest BCUT2D eigenvalue weighted by Crippen LogP contribution is 2.24. The smallest absolute Gasteiger partial charge is 0.407 e. The normalized spacial score (nSPS) is 12.6. The molecule has 0 heterocycles. The van der Waals surface area contributed by atoms with E-state index >= 15 is 0 Å². The Morgan fingerprint density at radius 1 is 0.868 bits per heavy atom. The largest absolute Gasteiger partial charge is 0.445 e. The van der Waals surface area contributed by atoms with Crippen LogP contribution in [0.15, 0.2) is 18.2 Å². The minimum Gasteiger partial charge on any atom is -0.445 e. The number of primary amides is 1. The molecule has 300 valence electrons. The maximum atomic E-state index is 13.5. The highest BCUT2D eigenvalue weighted by Gasteiger charge is 2.28. The van der Waals surface area contributed by atoms with Gasteiger partial charge in [0.25, 0.3) is 5.91 Å². The molecule has 1 aromatic carbocycles. The van der Waals surface area contributed by atoms with Crippen LogP contribution in [0.3, 0.4) is 0 Å². The average molecular weight is 750 g/mol. The molecule has 2 atom stereocenters. The number of nitrogens with one attached hydrogen (secondary N) is 7. The minimum absolute atomic E-state index is 0.0552. The second kappa shape index (κ2) is 23.2. The van der Waals surface area contributed by atoms with Gasteiger partial charge in [-0.05, 0) is 61.7 Å². The van der Waals surface area contributed by atoms with E-state index in [0.29, 0.717) is 31.7 Å². The van der Waals surface area contributed by atoms with E-state index in [9.17, 15) is 28.8 Å². The third-order valence-corrected chi connectivity index (χ3v) is 8.23. The molecule has 1 rings (SSSR count). The molecule has 0 spiro atoms. The molecule has 0 aliphatic rings. The van der Waals surface area contributed by atoms with Gasteiger partial charge in [0.15, 0.2) is 0 Å². The predicted molar refractivity (Wildman–Crippen MR) is 203 cm³/mol. The standard InChI is InChI=1S/C36H63N9O8/c1-23(2)29(39-7)32(49)45-27(10-9-15-43-33(38)50)31(48)44-25-12-11-24(20-53-34(51)40-8)26(18-25)30(47)42-17-16-41-28(46)19-36(5,6)22-52-21-35(3,4)13-14-37/h11-12,18,23,27,29,39H,9-10,13-17,19-22,37H2,1-8H3,(H,40,51)(H,41,46)(H,42,47)(H,44,48)(H,45,49)(H3,38,43,50)/t27-,29-/m0/s1. The molecule has 0 saturated heterocycles. The van der Waals surface area contributed by atoms with Crippen LogP contribution in [0, 0.1) is 16.7 Å². The first kappa shape index (κ1) is 46.5. The molecule has 0 unspecified atom stereocenters. The lowest BCUT2D eigenvalue weighted by atomic mass is 9.88. The fourth-order valence-electron chi connectivity index (χ4n) is 5.34. The number of benzene rings is 1. The maximum absolute atomic E-state index is 13.5. The van der Waals surface area contributed by atoms with E-state index in [0.717, 1.165) is 6.42 Å². The molecule has 1 aromatic rings. The second-order valence-corrected chi connectivity index (χ2v) is 14.8. The number of likely N-dealkylation sites (N-methyl/N-ethyl adjacent to an activating group) is 1. The molecule has 17 heteroatoms. The van der Waals surface area contributed by atoms with Crippen LogP contribution in [-0.2, 0) is 30.5 Å². The summed E-state index contributed by atoms with van der Waals surface area (Å²) in [7, 11) is 3.05. The van der Waals surface area contributed by atoms with Crippen molar-refractivity contribution in [1.82, 2.24) is 31.9 Å². The topological polar surface area (TPSA) is 257 Å². The predicted octanol–water partition coefficient (Wildman–Crippen LogP) is 1.31. The Balaban J connectivity index is 3.01. The molecule has 11 N–H and O–H groups in total. The monoisotopic (exact) mass is 749 g/mol. The maximum Gasteiger partial charge on any atom is 0.407 e. The number of amides is 7. The van der Waals surface area contributed by atoms with Gasteiger partial charge < -0.3 is 58.2 Å². The van der Waals surface area contributed by atoms with Crippen LogP contribution in [0.2, 0.25) is 0 Å². The van der Waals surface area contributed by atoms with E-state index in [1.807, 2.05) is 27.7 Å². The summed E-state index contributed by atoms with van der Waals surface area (Å²) in [6.45, 7) is 13.5. The molecule has 0 fully saturated rings. The lowest BCUT2D eigenvalue weighted by Gasteiger charge is -2.28. The molecule has 53 heavy (non-hydrogen) atoms. The van der Waals surface area contributed by atoms with Crippen molar-refractivity contribution >= 4 is 41.4 Å². The Bertz CT molecular complexity index is 1370. The third kappa shape index (κ3) is 18.7. The van der Waals surface area contributed by atoms with Gasteiger partial charge >= 0.3 is 12.1 Å². The van der Waals surface area contributed by atoms with Gasteiger partial charge in [0.2, 0.25) is 17.7 Å². The zero-order valence-corrected chi connectivity index (χ0v) is 32.7. The van der Waals surface area contributed by atoms with Gasteiger partial charge in [0, 0.05) is 49.9 Å². The van der Waals surface area contributed by atoms with Crippen molar-refractivity contribution in [2.45, 2.75) is 85.9 Å². The summed E-state index contributed by atoms with van der Waals surface area (Å²) in [5.74, 6) is -1.71. The molecule has 0 saturated carbocycles. The fourth-order valence-corrected chi connectivity index (χ4v) is 5.34. The van der Waals surface area contributed by atoms with E-state index in [1.54, 1.807) is 13.1 Å². The molecule has 0 bridgehead atoms. The van der Waals surface area contributed by atoms with Gasteiger partial charge in [-0.25, -0.2) is 9.59 Å². The van der Waals surface area contributed by atoms with Crippen molar-refractivity contribution in [2.24, 2.45) is 28.2 Å². The van der Waals surface area contributed by atoms with E-state index < -0.39 is 41.4 Å². The summed E-state index contributed by atoms with van der Waals surface area (Å²) in [6, 6.07) is 2.27. The van der Waals surface area contributed by atoms with Crippen LogP contribution in [-0.4, -0.2) is 101 Å². The molecular formula is C36H63N9O8. The van der Waals surface area contributed by atoms with E-state index in [2.05, 4.69) is 51.1 Å². The summed E-state index contributed by atoms with van der Waals surface area (Å²) in [6.07, 6.45) is 0.870. The van der Waals surface area contributed by atoms with Crippen molar-refractivity contribution in [3.8, 4) is 0 Å². The van der Waals surface area contributed by atoms with Crippen molar-refractivity contribution in [1.29, 1.82) is 0 Å². The van der Waals surface area contributed by atoms with Gasteiger partial charge in [-0.1, -0.05) is 47.6 Å². The molecule has 17 nitrogen and oxygen atoms in total. The Morgan fingerprint density at radius 2 is 1.53 bits per heavy atom. The molecule has 0 aromatic heterocycles. The first-order valence-electron chi connectivity index (χ1n) is 18.0.